The van der Waals surface area contributed by atoms with Crippen molar-refractivity contribution in [2.24, 2.45) is 17.3 Å². The van der Waals surface area contributed by atoms with Gasteiger partial charge in [0.2, 0.25) is 0 Å². The average molecular weight is 209 g/mol. The van der Waals surface area contributed by atoms with Crippen molar-refractivity contribution >= 4 is 0 Å². The molecular formula is C14H27N. The first-order valence-electron chi connectivity index (χ1n) is 6.65. The molecule has 15 heavy (non-hydrogen) atoms. The molecule has 3 unspecified atom stereocenters. The Balaban J connectivity index is 2.11. The second-order valence-electron chi connectivity index (χ2n) is 7.01. The minimum atomic E-state index is 0.449. The van der Waals surface area contributed by atoms with Crippen LogP contribution in [-0.4, -0.2) is 23.5 Å². The molecule has 0 spiro atoms. The Bertz CT molecular complexity index is 226. The van der Waals surface area contributed by atoms with E-state index in [4.69, 9.17) is 0 Å². The molecule has 0 N–H and O–H groups in total. The first kappa shape index (κ1) is 11.4. The molecule has 1 saturated carbocycles. The van der Waals surface area contributed by atoms with Crippen LogP contribution in [0.3, 0.4) is 0 Å². The first-order valence-corrected chi connectivity index (χ1v) is 6.65. The maximum Gasteiger partial charge on any atom is 0.0149 e. The van der Waals surface area contributed by atoms with Crippen LogP contribution < -0.4 is 0 Å². The lowest BCUT2D eigenvalue weighted by atomic mass is 9.64. The third kappa shape index (κ3) is 2.08. The van der Waals surface area contributed by atoms with Crippen LogP contribution in [0, 0.1) is 17.3 Å². The van der Waals surface area contributed by atoms with Gasteiger partial charge >= 0.3 is 0 Å². The molecule has 0 aromatic heterocycles. The van der Waals surface area contributed by atoms with Gasteiger partial charge in [0, 0.05) is 18.6 Å². The molecule has 0 bridgehead atoms. The number of likely N-dealkylation sites (tertiary alicyclic amines) is 1. The van der Waals surface area contributed by atoms with Gasteiger partial charge in [0.15, 0.2) is 0 Å². The molecule has 0 aromatic carbocycles. The van der Waals surface area contributed by atoms with Crippen LogP contribution in [0.2, 0.25) is 0 Å². The van der Waals surface area contributed by atoms with Crippen LogP contribution in [0.5, 0.6) is 0 Å². The number of hydrogen-bond acceptors (Lipinski definition) is 1. The smallest absolute Gasteiger partial charge is 0.0149 e. The number of piperidine rings is 1. The van der Waals surface area contributed by atoms with Gasteiger partial charge in [0.25, 0.3) is 0 Å². The molecule has 1 nitrogen and oxygen atoms in total. The van der Waals surface area contributed by atoms with Crippen molar-refractivity contribution in [3.8, 4) is 0 Å². The topological polar surface area (TPSA) is 3.24 Å². The number of hydrogen-bond donors (Lipinski definition) is 0. The van der Waals surface area contributed by atoms with E-state index in [0.29, 0.717) is 5.41 Å². The molecule has 2 aliphatic rings. The fourth-order valence-electron chi connectivity index (χ4n) is 3.43. The molecule has 2 rings (SSSR count). The molecule has 1 saturated heterocycles. The summed E-state index contributed by atoms with van der Waals surface area (Å²) in [5.74, 6) is 2.09. The fraction of sp³-hybridized carbons (Fsp3) is 1.00. The Kier molecular flexibility index (Phi) is 2.87. The lowest BCUT2D eigenvalue weighted by Gasteiger charge is -2.55. The number of fused-ring (bicyclic) bond motifs is 1. The average Bonchev–Trinajstić information content (AvgIpc) is 2.04. The third-order valence-corrected chi connectivity index (χ3v) is 4.61. The Morgan fingerprint density at radius 3 is 2.07 bits per heavy atom. The molecule has 1 aliphatic heterocycles. The first-order chi connectivity index (χ1) is 6.89. The van der Waals surface area contributed by atoms with E-state index in [1.165, 1.54) is 25.8 Å². The normalized spacial score (nSPS) is 37.6. The van der Waals surface area contributed by atoms with Crippen molar-refractivity contribution in [1.29, 1.82) is 0 Å². The minimum Gasteiger partial charge on any atom is -0.297 e. The van der Waals surface area contributed by atoms with E-state index in [9.17, 15) is 0 Å². The molecule has 1 heteroatoms. The molecule has 1 heterocycles. The van der Waals surface area contributed by atoms with Gasteiger partial charge in [-0.05, 0) is 50.4 Å². The molecule has 2 fully saturated rings. The van der Waals surface area contributed by atoms with E-state index in [-0.39, 0.29) is 0 Å². The van der Waals surface area contributed by atoms with Crippen LogP contribution in [0.1, 0.15) is 53.9 Å². The largest absolute Gasteiger partial charge is 0.297 e. The third-order valence-electron chi connectivity index (χ3n) is 4.61. The van der Waals surface area contributed by atoms with Crippen LogP contribution >= 0.6 is 0 Å². The van der Waals surface area contributed by atoms with Crippen LogP contribution in [0.4, 0.5) is 0 Å². The Morgan fingerprint density at radius 2 is 1.67 bits per heavy atom. The van der Waals surface area contributed by atoms with Crippen molar-refractivity contribution in [3.05, 3.63) is 0 Å². The summed E-state index contributed by atoms with van der Waals surface area (Å²) in [6.45, 7) is 13.3. The number of nitrogens with zero attached hydrogens (tertiary/aromatic N) is 1. The van der Waals surface area contributed by atoms with Gasteiger partial charge < -0.3 is 0 Å². The van der Waals surface area contributed by atoms with Crippen molar-refractivity contribution in [3.63, 3.8) is 0 Å². The molecule has 1 aliphatic carbocycles. The Hall–Kier alpha value is -0.0400. The van der Waals surface area contributed by atoms with Gasteiger partial charge in [-0.25, -0.2) is 0 Å². The van der Waals surface area contributed by atoms with Gasteiger partial charge in [0.05, 0.1) is 0 Å². The zero-order valence-corrected chi connectivity index (χ0v) is 11.1. The van der Waals surface area contributed by atoms with Gasteiger partial charge in [-0.1, -0.05) is 20.8 Å². The summed E-state index contributed by atoms with van der Waals surface area (Å²) in [5.41, 5.74) is 0.449. The van der Waals surface area contributed by atoms with E-state index < -0.39 is 0 Å². The van der Waals surface area contributed by atoms with Crippen molar-refractivity contribution < 1.29 is 0 Å². The highest BCUT2D eigenvalue weighted by Gasteiger charge is 2.44. The van der Waals surface area contributed by atoms with Crippen molar-refractivity contribution in [1.82, 2.24) is 4.90 Å². The van der Waals surface area contributed by atoms with Gasteiger partial charge in [-0.2, -0.15) is 0 Å². The maximum atomic E-state index is 2.76. The molecule has 0 amide bonds. The van der Waals surface area contributed by atoms with E-state index >= 15 is 0 Å². The lowest BCUT2D eigenvalue weighted by molar-refractivity contribution is -0.0511. The SMILES string of the molecule is CC(C)N1CC2CCC2CC1C(C)(C)C. The van der Waals surface area contributed by atoms with Crippen LogP contribution in [-0.2, 0) is 0 Å². The second-order valence-corrected chi connectivity index (χ2v) is 7.01. The van der Waals surface area contributed by atoms with Gasteiger partial charge in [-0.3, -0.25) is 4.90 Å². The molecule has 0 aromatic rings. The highest BCUT2D eigenvalue weighted by atomic mass is 15.2. The second kappa shape index (κ2) is 3.76. The minimum absolute atomic E-state index is 0.449. The predicted molar refractivity (Wildman–Crippen MR) is 65.9 cm³/mol. The zero-order chi connectivity index (χ0) is 11.2. The highest BCUT2D eigenvalue weighted by Crippen LogP contribution is 2.46. The van der Waals surface area contributed by atoms with Crippen molar-refractivity contribution in [2.45, 2.75) is 66.0 Å². The fourth-order valence-corrected chi connectivity index (χ4v) is 3.43. The zero-order valence-electron chi connectivity index (χ0n) is 11.1. The van der Waals surface area contributed by atoms with E-state index in [2.05, 4.69) is 39.5 Å². The quantitative estimate of drug-likeness (QED) is 0.638. The number of rotatable bonds is 1. The summed E-state index contributed by atoms with van der Waals surface area (Å²) in [6, 6.07) is 1.52. The highest BCUT2D eigenvalue weighted by molar-refractivity contribution is 4.97. The van der Waals surface area contributed by atoms with Crippen LogP contribution in [0.15, 0.2) is 0 Å². The van der Waals surface area contributed by atoms with Gasteiger partial charge in [0.1, 0.15) is 0 Å². The summed E-state index contributed by atoms with van der Waals surface area (Å²) in [7, 11) is 0. The Morgan fingerprint density at radius 1 is 1.07 bits per heavy atom. The Labute approximate surface area is 95.2 Å². The lowest BCUT2D eigenvalue weighted by Crippen LogP contribution is -2.57. The van der Waals surface area contributed by atoms with E-state index in [0.717, 1.165) is 23.9 Å². The predicted octanol–water partition coefficient (Wildman–Crippen LogP) is 3.54. The molecular weight excluding hydrogens is 182 g/mol. The van der Waals surface area contributed by atoms with Crippen molar-refractivity contribution in [2.75, 3.05) is 6.54 Å². The monoisotopic (exact) mass is 209 g/mol. The summed E-state index contributed by atoms with van der Waals surface area (Å²) < 4.78 is 0. The van der Waals surface area contributed by atoms with E-state index in [1.807, 2.05) is 0 Å². The summed E-state index contributed by atoms with van der Waals surface area (Å²) in [5, 5.41) is 0. The molecule has 3 atom stereocenters. The summed E-state index contributed by atoms with van der Waals surface area (Å²) in [6.07, 6.45) is 4.44. The van der Waals surface area contributed by atoms with E-state index in [1.54, 1.807) is 0 Å². The summed E-state index contributed by atoms with van der Waals surface area (Å²) >= 11 is 0. The van der Waals surface area contributed by atoms with Gasteiger partial charge in [-0.15, -0.1) is 0 Å². The maximum absolute atomic E-state index is 2.76. The summed E-state index contributed by atoms with van der Waals surface area (Å²) in [4.78, 5) is 2.76. The van der Waals surface area contributed by atoms with Crippen LogP contribution in [0.25, 0.3) is 0 Å². The molecule has 0 radical (unpaired) electrons. The standard InChI is InChI=1S/C14H27N/c1-10(2)15-9-12-7-6-11(12)8-13(15)14(3,4)5/h10-13H,6-9H2,1-5H3. The molecule has 88 valence electrons.